The van der Waals surface area contributed by atoms with Gasteiger partial charge in [-0.15, -0.1) is 0 Å². The number of aryl methyl sites for hydroxylation is 1. The number of hydrogen-bond acceptors (Lipinski definition) is 3. The Morgan fingerprint density at radius 2 is 1.95 bits per heavy atom. The Kier molecular flexibility index (Phi) is 5.14. The van der Waals surface area contributed by atoms with Crippen molar-refractivity contribution < 1.29 is 18.3 Å². The van der Waals surface area contributed by atoms with Crippen molar-refractivity contribution >= 4 is 16.0 Å². The zero-order valence-electron chi connectivity index (χ0n) is 11.7. The largest absolute Gasteiger partial charge is 0.481 e. The minimum atomic E-state index is -3.51. The van der Waals surface area contributed by atoms with Gasteiger partial charge in [-0.25, -0.2) is 13.1 Å². The number of sulfonamides is 1. The normalized spacial score (nSPS) is 18.6. The van der Waals surface area contributed by atoms with Crippen LogP contribution in [-0.2, 0) is 21.2 Å². The quantitative estimate of drug-likeness (QED) is 0.788. The summed E-state index contributed by atoms with van der Waals surface area (Å²) in [6.07, 6.45) is 6.91. The van der Waals surface area contributed by atoms with E-state index in [-0.39, 0.29) is 17.4 Å². The third kappa shape index (κ3) is 4.68. The number of nitrogens with one attached hydrogen (secondary N) is 1. The van der Waals surface area contributed by atoms with E-state index in [4.69, 9.17) is 5.11 Å². The molecule has 0 saturated carbocycles. The van der Waals surface area contributed by atoms with Gasteiger partial charge in [0.05, 0.1) is 4.90 Å². The van der Waals surface area contributed by atoms with Gasteiger partial charge in [0, 0.05) is 12.5 Å². The van der Waals surface area contributed by atoms with E-state index in [0.717, 1.165) is 24.8 Å². The molecule has 1 aromatic rings. The van der Waals surface area contributed by atoms with Gasteiger partial charge in [0.2, 0.25) is 10.0 Å². The van der Waals surface area contributed by atoms with Crippen LogP contribution in [0.15, 0.2) is 41.3 Å². The van der Waals surface area contributed by atoms with Crippen molar-refractivity contribution in [3.05, 3.63) is 42.0 Å². The Bertz CT molecular complexity index is 620. The van der Waals surface area contributed by atoms with Crippen LogP contribution in [0.3, 0.4) is 0 Å². The van der Waals surface area contributed by atoms with Gasteiger partial charge in [-0.1, -0.05) is 24.3 Å². The minimum Gasteiger partial charge on any atom is -0.481 e. The molecule has 1 aromatic carbocycles. The Labute approximate surface area is 124 Å². The first-order chi connectivity index (χ1) is 9.97. The first-order valence-corrected chi connectivity index (χ1v) is 8.44. The lowest BCUT2D eigenvalue weighted by molar-refractivity contribution is -0.136. The molecular weight excluding hydrogens is 290 g/mol. The number of benzene rings is 1. The SMILES string of the molecule is O=C(O)CCc1ccc(S(=O)(=O)NC2CC=CCC2)cc1. The third-order valence-electron chi connectivity index (χ3n) is 3.45. The average molecular weight is 309 g/mol. The van der Waals surface area contributed by atoms with E-state index in [0.29, 0.717) is 6.42 Å². The molecule has 1 unspecified atom stereocenters. The van der Waals surface area contributed by atoms with Crippen LogP contribution in [0.2, 0.25) is 0 Å². The molecule has 0 aliphatic heterocycles. The van der Waals surface area contributed by atoms with Gasteiger partial charge < -0.3 is 5.11 Å². The molecule has 0 saturated heterocycles. The highest BCUT2D eigenvalue weighted by Crippen LogP contribution is 2.16. The molecule has 5 nitrogen and oxygen atoms in total. The van der Waals surface area contributed by atoms with Gasteiger partial charge in [0.1, 0.15) is 0 Å². The summed E-state index contributed by atoms with van der Waals surface area (Å²) in [7, 11) is -3.51. The molecule has 114 valence electrons. The highest BCUT2D eigenvalue weighted by molar-refractivity contribution is 7.89. The zero-order valence-corrected chi connectivity index (χ0v) is 12.5. The molecule has 6 heteroatoms. The molecule has 0 bridgehead atoms. The number of allylic oxidation sites excluding steroid dienone is 1. The molecule has 1 aliphatic rings. The van der Waals surface area contributed by atoms with Crippen molar-refractivity contribution in [3.63, 3.8) is 0 Å². The Morgan fingerprint density at radius 3 is 2.52 bits per heavy atom. The lowest BCUT2D eigenvalue weighted by atomic mass is 10.0. The number of carboxylic acid groups (broad SMARTS) is 1. The second kappa shape index (κ2) is 6.87. The van der Waals surface area contributed by atoms with E-state index in [9.17, 15) is 13.2 Å². The van der Waals surface area contributed by atoms with Crippen LogP contribution in [0.4, 0.5) is 0 Å². The Hall–Kier alpha value is -1.66. The second-order valence-corrected chi connectivity index (χ2v) is 6.85. The molecule has 0 fully saturated rings. The van der Waals surface area contributed by atoms with Gasteiger partial charge >= 0.3 is 5.97 Å². The number of carbonyl (C=O) groups is 1. The van der Waals surface area contributed by atoms with Crippen LogP contribution in [0, 0.1) is 0 Å². The molecule has 0 spiro atoms. The highest BCUT2D eigenvalue weighted by Gasteiger charge is 2.20. The van der Waals surface area contributed by atoms with E-state index in [1.54, 1.807) is 12.1 Å². The van der Waals surface area contributed by atoms with Crippen LogP contribution in [-0.4, -0.2) is 25.5 Å². The summed E-state index contributed by atoms with van der Waals surface area (Å²) in [5, 5.41) is 8.63. The van der Waals surface area contributed by atoms with Crippen LogP contribution in [0.25, 0.3) is 0 Å². The van der Waals surface area contributed by atoms with E-state index >= 15 is 0 Å². The van der Waals surface area contributed by atoms with Crippen molar-refractivity contribution in [2.24, 2.45) is 0 Å². The summed E-state index contributed by atoms with van der Waals surface area (Å²) in [5.41, 5.74) is 0.817. The standard InChI is InChI=1S/C15H19NO4S/c17-15(18)11-8-12-6-9-14(10-7-12)21(19,20)16-13-4-2-1-3-5-13/h1-2,6-7,9-10,13,16H,3-5,8,11H2,(H,17,18). The molecule has 21 heavy (non-hydrogen) atoms. The molecule has 2 rings (SSSR count). The molecule has 0 aromatic heterocycles. The fraction of sp³-hybridized carbons (Fsp3) is 0.400. The molecule has 1 aliphatic carbocycles. The fourth-order valence-electron chi connectivity index (χ4n) is 2.27. The Balaban J connectivity index is 2.02. The molecular formula is C15H19NO4S. The summed E-state index contributed by atoms with van der Waals surface area (Å²) < 4.78 is 27.2. The van der Waals surface area contributed by atoms with Gasteiger partial charge in [-0.2, -0.15) is 0 Å². The van der Waals surface area contributed by atoms with Gasteiger partial charge in [0.15, 0.2) is 0 Å². The van der Waals surface area contributed by atoms with Crippen LogP contribution in [0.5, 0.6) is 0 Å². The van der Waals surface area contributed by atoms with Gasteiger partial charge in [-0.3, -0.25) is 4.79 Å². The lowest BCUT2D eigenvalue weighted by Gasteiger charge is -2.19. The molecule has 0 radical (unpaired) electrons. The average Bonchev–Trinajstić information content (AvgIpc) is 2.46. The zero-order chi connectivity index (χ0) is 15.3. The topological polar surface area (TPSA) is 83.5 Å². The second-order valence-electron chi connectivity index (χ2n) is 5.14. The van der Waals surface area contributed by atoms with Crippen molar-refractivity contribution in [3.8, 4) is 0 Å². The smallest absolute Gasteiger partial charge is 0.303 e. The van der Waals surface area contributed by atoms with Crippen LogP contribution >= 0.6 is 0 Å². The Morgan fingerprint density at radius 1 is 1.24 bits per heavy atom. The fourth-order valence-corrected chi connectivity index (χ4v) is 3.56. The third-order valence-corrected chi connectivity index (χ3v) is 4.99. The predicted octanol–water partition coefficient (Wildman–Crippen LogP) is 2.09. The van der Waals surface area contributed by atoms with Gasteiger partial charge in [0.25, 0.3) is 0 Å². The summed E-state index contributed by atoms with van der Waals surface area (Å²) in [6, 6.07) is 6.33. The molecule has 2 N–H and O–H groups in total. The van der Waals surface area contributed by atoms with Crippen LogP contribution in [0.1, 0.15) is 31.2 Å². The van der Waals surface area contributed by atoms with E-state index < -0.39 is 16.0 Å². The minimum absolute atomic E-state index is 0.0404. The number of hydrogen-bond donors (Lipinski definition) is 2. The maximum Gasteiger partial charge on any atom is 0.303 e. The first-order valence-electron chi connectivity index (χ1n) is 6.95. The number of carboxylic acids is 1. The summed E-state index contributed by atoms with van der Waals surface area (Å²) in [4.78, 5) is 10.7. The van der Waals surface area contributed by atoms with Crippen molar-refractivity contribution in [1.82, 2.24) is 4.72 Å². The van der Waals surface area contributed by atoms with E-state index in [1.165, 1.54) is 12.1 Å². The maximum atomic E-state index is 12.2. The lowest BCUT2D eigenvalue weighted by Crippen LogP contribution is -2.35. The van der Waals surface area contributed by atoms with E-state index in [2.05, 4.69) is 10.8 Å². The first kappa shape index (κ1) is 15.7. The summed E-state index contributed by atoms with van der Waals surface area (Å²) >= 11 is 0. The monoisotopic (exact) mass is 309 g/mol. The predicted molar refractivity (Wildman–Crippen MR) is 79.5 cm³/mol. The maximum absolute atomic E-state index is 12.2. The molecule has 0 amide bonds. The van der Waals surface area contributed by atoms with Crippen LogP contribution < -0.4 is 4.72 Å². The molecule has 0 heterocycles. The number of aliphatic carboxylic acids is 1. The van der Waals surface area contributed by atoms with Crippen molar-refractivity contribution in [2.75, 3.05) is 0 Å². The summed E-state index contributed by atoms with van der Waals surface area (Å²) in [5.74, 6) is -0.862. The van der Waals surface area contributed by atoms with Gasteiger partial charge in [-0.05, 0) is 43.4 Å². The van der Waals surface area contributed by atoms with Crippen molar-refractivity contribution in [2.45, 2.75) is 43.0 Å². The van der Waals surface area contributed by atoms with Crippen molar-refractivity contribution in [1.29, 1.82) is 0 Å². The summed E-state index contributed by atoms with van der Waals surface area (Å²) in [6.45, 7) is 0. The van der Waals surface area contributed by atoms with E-state index in [1.807, 2.05) is 6.08 Å². The molecule has 1 atom stereocenters. The number of rotatable bonds is 6. The highest BCUT2D eigenvalue weighted by atomic mass is 32.2.